The molecule has 0 aliphatic heterocycles. The van der Waals surface area contributed by atoms with Crippen LogP contribution in [0.25, 0.3) is 4.85 Å². The predicted octanol–water partition coefficient (Wildman–Crippen LogP) is 3.14. The second kappa shape index (κ2) is 4.80. The minimum atomic E-state index is -3.53. The Morgan fingerprint density at radius 3 is 2.33 bits per heavy atom. The van der Waals surface area contributed by atoms with Gasteiger partial charge in [0.25, 0.3) is 0 Å². The second-order valence-electron chi connectivity index (χ2n) is 3.38. The summed E-state index contributed by atoms with van der Waals surface area (Å²) in [7, 11) is -2.01. The second-order valence-corrected chi connectivity index (χ2v) is 6.62. The maximum absolute atomic E-state index is 12.2. The molecule has 0 spiro atoms. The number of thiophene rings is 1. The molecule has 92 valence electrons. The number of hydrogen-bond acceptors (Lipinski definition) is 4. The van der Waals surface area contributed by atoms with Crippen molar-refractivity contribution in [1.29, 1.82) is 0 Å². The first-order valence-electron chi connectivity index (χ1n) is 4.94. The average Bonchev–Trinajstić information content (AvgIpc) is 2.88. The summed E-state index contributed by atoms with van der Waals surface area (Å²) in [6.45, 7) is 6.84. The molecule has 0 atom stereocenters. The monoisotopic (exact) mass is 279 g/mol. The van der Waals surface area contributed by atoms with Gasteiger partial charge in [0.2, 0.25) is 14.8 Å². The first-order chi connectivity index (χ1) is 8.57. The van der Waals surface area contributed by atoms with Gasteiger partial charge < -0.3 is 4.74 Å². The van der Waals surface area contributed by atoms with E-state index in [0.29, 0.717) is 10.8 Å². The standard InChI is InChI=1S/C12H9NO3S2/c1-13-11-7-8-12(17-11)18(14,15)10-5-3-9(16-2)4-6-10/h3-8H,2H3. The lowest BCUT2D eigenvalue weighted by Gasteiger charge is -2.03. The van der Waals surface area contributed by atoms with E-state index in [1.165, 1.54) is 31.4 Å². The Hall–Kier alpha value is -1.84. The summed E-state index contributed by atoms with van der Waals surface area (Å²) in [5, 5.41) is 0.363. The summed E-state index contributed by atoms with van der Waals surface area (Å²) in [4.78, 5) is 3.41. The maximum Gasteiger partial charge on any atom is 0.242 e. The number of hydrogen-bond donors (Lipinski definition) is 0. The van der Waals surface area contributed by atoms with E-state index in [9.17, 15) is 8.42 Å². The van der Waals surface area contributed by atoms with Gasteiger partial charge in [0.05, 0.1) is 18.6 Å². The van der Waals surface area contributed by atoms with Crippen molar-refractivity contribution < 1.29 is 13.2 Å². The lowest BCUT2D eigenvalue weighted by molar-refractivity contribution is 0.414. The van der Waals surface area contributed by atoms with Crippen LogP contribution < -0.4 is 4.74 Å². The molecule has 2 aromatic rings. The molecule has 0 unspecified atom stereocenters. The van der Waals surface area contributed by atoms with Gasteiger partial charge in [-0.3, -0.25) is 0 Å². The molecule has 0 fully saturated rings. The number of ether oxygens (including phenoxy) is 1. The Kier molecular flexibility index (Phi) is 3.36. The van der Waals surface area contributed by atoms with Crippen LogP contribution in [0.1, 0.15) is 0 Å². The minimum Gasteiger partial charge on any atom is -0.497 e. The summed E-state index contributed by atoms with van der Waals surface area (Å²) >= 11 is 0.971. The Labute approximate surface area is 109 Å². The number of benzene rings is 1. The zero-order valence-electron chi connectivity index (χ0n) is 9.45. The fourth-order valence-electron chi connectivity index (χ4n) is 1.39. The van der Waals surface area contributed by atoms with Gasteiger partial charge in [-0.05, 0) is 36.4 Å². The zero-order valence-corrected chi connectivity index (χ0v) is 11.1. The van der Waals surface area contributed by atoms with Crippen molar-refractivity contribution in [1.82, 2.24) is 0 Å². The molecule has 4 nitrogen and oxygen atoms in total. The van der Waals surface area contributed by atoms with Gasteiger partial charge >= 0.3 is 0 Å². The van der Waals surface area contributed by atoms with Crippen LogP contribution in [-0.4, -0.2) is 15.5 Å². The van der Waals surface area contributed by atoms with Crippen LogP contribution in [0.5, 0.6) is 5.75 Å². The molecule has 6 heteroatoms. The Bertz CT molecular complexity index is 694. The van der Waals surface area contributed by atoms with E-state index in [1.54, 1.807) is 12.1 Å². The molecule has 18 heavy (non-hydrogen) atoms. The molecular formula is C12H9NO3S2. The predicted molar refractivity (Wildman–Crippen MR) is 69.0 cm³/mol. The maximum atomic E-state index is 12.2. The van der Waals surface area contributed by atoms with Gasteiger partial charge in [-0.25, -0.2) is 13.3 Å². The zero-order chi connectivity index (χ0) is 13.2. The van der Waals surface area contributed by atoms with E-state index < -0.39 is 9.84 Å². The van der Waals surface area contributed by atoms with Crippen LogP contribution in [0.4, 0.5) is 5.00 Å². The van der Waals surface area contributed by atoms with Gasteiger partial charge in [-0.15, -0.1) is 11.3 Å². The number of nitrogens with zero attached hydrogens (tertiary/aromatic N) is 1. The van der Waals surface area contributed by atoms with Crippen LogP contribution in [0, 0.1) is 6.57 Å². The Morgan fingerprint density at radius 1 is 1.17 bits per heavy atom. The first-order valence-corrected chi connectivity index (χ1v) is 7.24. The van der Waals surface area contributed by atoms with Crippen molar-refractivity contribution >= 4 is 26.2 Å². The van der Waals surface area contributed by atoms with Crippen molar-refractivity contribution in [3.05, 3.63) is 47.8 Å². The summed E-state index contributed by atoms with van der Waals surface area (Å²) in [6.07, 6.45) is 0. The molecule has 0 amide bonds. The normalized spacial score (nSPS) is 10.9. The third-order valence-corrected chi connectivity index (χ3v) is 5.55. The smallest absolute Gasteiger partial charge is 0.242 e. The highest BCUT2D eigenvalue weighted by molar-refractivity contribution is 7.93. The van der Waals surface area contributed by atoms with E-state index in [-0.39, 0.29) is 9.10 Å². The summed E-state index contributed by atoms with van der Waals surface area (Å²) in [5.41, 5.74) is 0. The summed E-state index contributed by atoms with van der Waals surface area (Å²) in [6, 6.07) is 9.13. The molecule has 0 aliphatic rings. The van der Waals surface area contributed by atoms with Crippen LogP contribution >= 0.6 is 11.3 Å². The molecule has 0 N–H and O–H groups in total. The highest BCUT2D eigenvalue weighted by Gasteiger charge is 2.19. The van der Waals surface area contributed by atoms with Gasteiger partial charge in [0.1, 0.15) is 9.96 Å². The van der Waals surface area contributed by atoms with Crippen molar-refractivity contribution in [2.24, 2.45) is 0 Å². The third kappa shape index (κ3) is 2.23. The topological polar surface area (TPSA) is 47.7 Å². The van der Waals surface area contributed by atoms with E-state index in [0.717, 1.165) is 11.3 Å². The van der Waals surface area contributed by atoms with E-state index in [1.807, 2.05) is 0 Å². The van der Waals surface area contributed by atoms with Crippen LogP contribution in [0.3, 0.4) is 0 Å². The Balaban J connectivity index is 2.44. The molecule has 1 aromatic heterocycles. The number of methoxy groups -OCH3 is 1. The fraction of sp³-hybridized carbons (Fsp3) is 0.0833. The first kappa shape index (κ1) is 12.6. The summed E-state index contributed by atoms with van der Waals surface area (Å²) < 4.78 is 29.6. The van der Waals surface area contributed by atoms with E-state index in [2.05, 4.69) is 4.85 Å². The van der Waals surface area contributed by atoms with Gasteiger partial charge in [0.15, 0.2) is 0 Å². The molecule has 1 heterocycles. The fourth-order valence-corrected chi connectivity index (χ4v) is 3.87. The molecule has 1 aromatic carbocycles. The van der Waals surface area contributed by atoms with E-state index in [4.69, 9.17) is 11.3 Å². The van der Waals surface area contributed by atoms with Gasteiger partial charge in [-0.2, -0.15) is 0 Å². The van der Waals surface area contributed by atoms with E-state index >= 15 is 0 Å². The van der Waals surface area contributed by atoms with Crippen LogP contribution in [0.15, 0.2) is 45.5 Å². The van der Waals surface area contributed by atoms with Crippen molar-refractivity contribution in [2.75, 3.05) is 7.11 Å². The number of rotatable bonds is 3. The molecule has 0 saturated heterocycles. The molecule has 2 rings (SSSR count). The third-order valence-electron chi connectivity index (χ3n) is 2.31. The van der Waals surface area contributed by atoms with Crippen LogP contribution in [-0.2, 0) is 9.84 Å². The Morgan fingerprint density at radius 2 is 1.83 bits per heavy atom. The molecule has 0 saturated carbocycles. The lowest BCUT2D eigenvalue weighted by Crippen LogP contribution is -1.99. The highest BCUT2D eigenvalue weighted by atomic mass is 32.2. The molecule has 0 aliphatic carbocycles. The van der Waals surface area contributed by atoms with Crippen molar-refractivity contribution in [3.63, 3.8) is 0 Å². The highest BCUT2D eigenvalue weighted by Crippen LogP contribution is 2.32. The van der Waals surface area contributed by atoms with Crippen molar-refractivity contribution in [3.8, 4) is 5.75 Å². The molecule has 0 radical (unpaired) electrons. The quantitative estimate of drug-likeness (QED) is 0.811. The van der Waals surface area contributed by atoms with Gasteiger partial charge in [-0.1, -0.05) is 0 Å². The SMILES string of the molecule is [C-]#[N+]c1ccc(S(=O)(=O)c2ccc(OC)cc2)s1. The van der Waals surface area contributed by atoms with Crippen molar-refractivity contribution in [2.45, 2.75) is 9.10 Å². The van der Waals surface area contributed by atoms with Crippen LogP contribution in [0.2, 0.25) is 0 Å². The average molecular weight is 279 g/mol. The van der Waals surface area contributed by atoms with Gasteiger partial charge in [0, 0.05) is 0 Å². The molecule has 0 bridgehead atoms. The largest absolute Gasteiger partial charge is 0.497 e. The number of sulfone groups is 1. The summed E-state index contributed by atoms with van der Waals surface area (Å²) in [5.74, 6) is 0.599. The lowest BCUT2D eigenvalue weighted by atomic mass is 10.3. The molecular weight excluding hydrogens is 270 g/mol. The minimum absolute atomic E-state index is 0.179.